The summed E-state index contributed by atoms with van der Waals surface area (Å²) in [6.45, 7) is 1.86. The molecule has 0 bridgehead atoms. The van der Waals surface area contributed by atoms with Crippen molar-refractivity contribution in [3.63, 3.8) is 0 Å². The Morgan fingerprint density at radius 2 is 2.10 bits per heavy atom. The van der Waals surface area contributed by atoms with Gasteiger partial charge in [0, 0.05) is 30.6 Å². The van der Waals surface area contributed by atoms with Gasteiger partial charge in [0.05, 0.1) is 11.7 Å². The predicted molar refractivity (Wildman–Crippen MR) is 106 cm³/mol. The van der Waals surface area contributed by atoms with Crippen LogP contribution in [0.25, 0.3) is 5.57 Å². The number of anilines is 1. The second-order valence-electron chi connectivity index (χ2n) is 7.87. The topological polar surface area (TPSA) is 75.4 Å². The number of amides is 2. The summed E-state index contributed by atoms with van der Waals surface area (Å²) in [5, 5.41) is 2.71. The number of piperidine rings is 1. The van der Waals surface area contributed by atoms with Crippen molar-refractivity contribution in [2.75, 3.05) is 18.0 Å². The maximum atomic E-state index is 15.2. The van der Waals surface area contributed by atoms with Gasteiger partial charge < -0.3 is 16.0 Å². The van der Waals surface area contributed by atoms with E-state index in [1.807, 2.05) is 0 Å². The van der Waals surface area contributed by atoms with Gasteiger partial charge in [-0.25, -0.2) is 8.78 Å². The molecule has 1 heterocycles. The number of nitrogens with zero attached hydrogens (tertiary/aromatic N) is 1. The molecule has 0 saturated carbocycles. The number of hydrogen-bond donors (Lipinski definition) is 2. The fourth-order valence-electron chi connectivity index (χ4n) is 4.89. The first-order valence-electron chi connectivity index (χ1n) is 9.87. The Morgan fingerprint density at radius 1 is 1.31 bits per heavy atom. The number of allylic oxidation sites excluding steroid dienone is 2. The number of rotatable bonds is 3. The van der Waals surface area contributed by atoms with Crippen molar-refractivity contribution in [2.45, 2.75) is 51.2 Å². The van der Waals surface area contributed by atoms with Crippen molar-refractivity contribution < 1.29 is 18.4 Å². The van der Waals surface area contributed by atoms with Crippen LogP contribution in [-0.2, 0) is 11.2 Å². The summed E-state index contributed by atoms with van der Waals surface area (Å²) in [7, 11) is 0. The number of carbonyl (C=O) groups is 2. The number of nitrogens with two attached hydrogens (primary N) is 1. The number of benzene rings is 1. The van der Waals surface area contributed by atoms with Crippen LogP contribution in [0, 0.1) is 17.7 Å². The van der Waals surface area contributed by atoms with Crippen LogP contribution < -0.4 is 16.0 Å². The number of alkyl halides is 1. The Bertz CT molecular complexity index is 990. The SMILES string of the molecule is CC#CC(=O)N[C@H]1C[C@@H](F)CN(c2c(F)cc(C(N)=O)c3c2C2=C(CCC2)C3)C1. The quantitative estimate of drug-likeness (QED) is 0.767. The molecular weight excluding hydrogens is 376 g/mol. The van der Waals surface area contributed by atoms with Crippen LogP contribution in [0.2, 0.25) is 0 Å². The summed E-state index contributed by atoms with van der Waals surface area (Å²) in [6.07, 6.45) is 2.26. The fraction of sp³-hybridized carbons (Fsp3) is 0.455. The third kappa shape index (κ3) is 3.48. The highest BCUT2D eigenvalue weighted by atomic mass is 19.1. The van der Waals surface area contributed by atoms with Crippen LogP contribution in [0.3, 0.4) is 0 Å². The van der Waals surface area contributed by atoms with Crippen molar-refractivity contribution in [2.24, 2.45) is 5.73 Å². The molecule has 3 aliphatic rings. The Labute approximate surface area is 168 Å². The minimum absolute atomic E-state index is 0.0354. The molecule has 0 radical (unpaired) electrons. The summed E-state index contributed by atoms with van der Waals surface area (Å²) in [5.74, 6) is 3.21. The molecular formula is C22H23F2N3O2. The van der Waals surface area contributed by atoms with Crippen molar-refractivity contribution in [3.05, 3.63) is 34.1 Å². The van der Waals surface area contributed by atoms with Crippen molar-refractivity contribution in [1.82, 2.24) is 5.32 Å². The number of halogens is 2. The van der Waals surface area contributed by atoms with Gasteiger partial charge in [-0.3, -0.25) is 9.59 Å². The molecule has 2 aliphatic carbocycles. The third-order valence-corrected chi connectivity index (χ3v) is 5.94. The number of primary amides is 1. The highest BCUT2D eigenvalue weighted by molar-refractivity contribution is 6.00. The summed E-state index contributed by atoms with van der Waals surface area (Å²) in [4.78, 5) is 25.4. The molecule has 0 aromatic heterocycles. The molecule has 4 rings (SSSR count). The molecule has 1 aliphatic heterocycles. The number of fused-ring (bicyclic) bond motifs is 2. The first kappa shape index (κ1) is 19.4. The lowest BCUT2D eigenvalue weighted by molar-refractivity contribution is -0.116. The fourth-order valence-corrected chi connectivity index (χ4v) is 4.89. The first-order valence-corrected chi connectivity index (χ1v) is 9.87. The van der Waals surface area contributed by atoms with Crippen LogP contribution in [0.1, 0.15) is 54.1 Å². The maximum Gasteiger partial charge on any atom is 0.296 e. The Hall–Kier alpha value is -2.88. The number of carbonyl (C=O) groups excluding carboxylic acids is 2. The smallest absolute Gasteiger partial charge is 0.296 e. The van der Waals surface area contributed by atoms with Gasteiger partial charge in [0.1, 0.15) is 12.0 Å². The molecule has 2 atom stereocenters. The molecule has 1 fully saturated rings. The molecule has 0 spiro atoms. The summed E-state index contributed by atoms with van der Waals surface area (Å²) >= 11 is 0. The monoisotopic (exact) mass is 399 g/mol. The first-order chi connectivity index (χ1) is 13.9. The van der Waals surface area contributed by atoms with E-state index < -0.39 is 29.8 Å². The molecule has 0 unspecified atom stereocenters. The Morgan fingerprint density at radius 3 is 2.83 bits per heavy atom. The van der Waals surface area contributed by atoms with E-state index in [2.05, 4.69) is 17.2 Å². The molecule has 1 saturated heterocycles. The summed E-state index contributed by atoms with van der Waals surface area (Å²) < 4.78 is 29.8. The van der Waals surface area contributed by atoms with Crippen molar-refractivity contribution >= 4 is 23.1 Å². The molecule has 152 valence electrons. The van der Waals surface area contributed by atoms with E-state index in [1.54, 1.807) is 11.8 Å². The average molecular weight is 399 g/mol. The average Bonchev–Trinajstić information content (AvgIpc) is 3.22. The van der Waals surface area contributed by atoms with Gasteiger partial charge in [0.25, 0.3) is 5.91 Å². The minimum Gasteiger partial charge on any atom is -0.366 e. The molecule has 3 N–H and O–H groups in total. The molecule has 5 nitrogen and oxygen atoms in total. The van der Waals surface area contributed by atoms with E-state index in [0.717, 1.165) is 30.4 Å². The van der Waals surface area contributed by atoms with Crippen LogP contribution in [0.15, 0.2) is 11.6 Å². The van der Waals surface area contributed by atoms with E-state index in [0.29, 0.717) is 17.7 Å². The van der Waals surface area contributed by atoms with Gasteiger partial charge in [0.15, 0.2) is 0 Å². The van der Waals surface area contributed by atoms with Gasteiger partial charge in [-0.05, 0) is 55.7 Å². The lowest BCUT2D eigenvalue weighted by atomic mass is 9.93. The number of hydrogen-bond acceptors (Lipinski definition) is 3. The molecule has 7 heteroatoms. The molecule has 1 aromatic rings. The second kappa shape index (κ2) is 7.51. The zero-order chi connectivity index (χ0) is 20.7. The molecule has 1 aromatic carbocycles. The predicted octanol–water partition coefficient (Wildman–Crippen LogP) is 2.47. The highest BCUT2D eigenvalue weighted by Crippen LogP contribution is 2.49. The highest BCUT2D eigenvalue weighted by Gasteiger charge is 2.37. The Balaban J connectivity index is 1.74. The van der Waals surface area contributed by atoms with E-state index in [-0.39, 0.29) is 25.1 Å². The van der Waals surface area contributed by atoms with Gasteiger partial charge in [0.2, 0.25) is 5.91 Å². The van der Waals surface area contributed by atoms with E-state index >= 15 is 4.39 Å². The summed E-state index contributed by atoms with van der Waals surface area (Å²) in [5.41, 5.74) is 9.76. The van der Waals surface area contributed by atoms with Crippen LogP contribution in [0.5, 0.6) is 0 Å². The third-order valence-electron chi connectivity index (χ3n) is 5.94. The van der Waals surface area contributed by atoms with Gasteiger partial charge in [-0.2, -0.15) is 0 Å². The molecule has 2 amide bonds. The lowest BCUT2D eigenvalue weighted by Crippen LogP contribution is -2.52. The van der Waals surface area contributed by atoms with Crippen LogP contribution in [0.4, 0.5) is 14.5 Å². The van der Waals surface area contributed by atoms with Crippen molar-refractivity contribution in [3.8, 4) is 11.8 Å². The zero-order valence-corrected chi connectivity index (χ0v) is 16.3. The van der Waals surface area contributed by atoms with Gasteiger partial charge >= 0.3 is 0 Å². The maximum absolute atomic E-state index is 15.2. The standard InChI is InChI=1S/C22H23F2N3O2/c1-2-4-19(28)26-14-8-13(23)10-27(11-14)21-18(24)9-17(22(25)29)16-7-12-5-3-6-15(12)20(16)21/h9,13-14H,3,5-8,10-11H2,1H3,(H2,25,29)(H,26,28)/t13-,14+/m1/s1. The summed E-state index contributed by atoms with van der Waals surface area (Å²) in [6, 6.07) is 0.702. The number of nitrogens with one attached hydrogen (secondary N) is 1. The molecule has 29 heavy (non-hydrogen) atoms. The van der Waals surface area contributed by atoms with Gasteiger partial charge in [-0.15, -0.1) is 0 Å². The minimum atomic E-state index is -1.21. The van der Waals surface area contributed by atoms with Crippen LogP contribution in [-0.4, -0.2) is 37.1 Å². The van der Waals surface area contributed by atoms with Crippen LogP contribution >= 0.6 is 0 Å². The largest absolute Gasteiger partial charge is 0.366 e. The van der Waals surface area contributed by atoms with Gasteiger partial charge in [-0.1, -0.05) is 11.5 Å². The van der Waals surface area contributed by atoms with E-state index in [1.165, 1.54) is 11.6 Å². The normalized spacial score (nSPS) is 22.7. The van der Waals surface area contributed by atoms with E-state index in [9.17, 15) is 14.0 Å². The zero-order valence-electron chi connectivity index (χ0n) is 16.3. The van der Waals surface area contributed by atoms with Crippen molar-refractivity contribution in [1.29, 1.82) is 0 Å². The second-order valence-corrected chi connectivity index (χ2v) is 7.87. The Kier molecular flexibility index (Phi) is 5.03. The van der Waals surface area contributed by atoms with E-state index in [4.69, 9.17) is 5.73 Å². The lowest BCUT2D eigenvalue weighted by Gasteiger charge is -2.37.